The van der Waals surface area contributed by atoms with E-state index in [2.05, 4.69) is 4.99 Å². The molecule has 2 aromatic rings. The molecule has 2 aliphatic rings. The number of amides is 2. The fraction of sp³-hybridized carbons (Fsp3) is 0.167. The number of rotatable bonds is 3. The summed E-state index contributed by atoms with van der Waals surface area (Å²) in [6.45, 7) is 0. The van der Waals surface area contributed by atoms with E-state index in [-0.39, 0.29) is 10.7 Å². The second-order valence-electron chi connectivity index (χ2n) is 5.70. The zero-order valence-electron chi connectivity index (χ0n) is 13.3. The molecule has 2 aliphatic heterocycles. The van der Waals surface area contributed by atoms with Crippen LogP contribution < -0.4 is 4.74 Å². The van der Waals surface area contributed by atoms with E-state index in [0.29, 0.717) is 11.3 Å². The number of ether oxygens (including phenoxy) is 1. The molecule has 2 aromatic carbocycles. The minimum absolute atomic E-state index is 0.205. The van der Waals surface area contributed by atoms with Crippen LogP contribution in [0.4, 0.5) is 0 Å². The van der Waals surface area contributed by atoms with Crippen LogP contribution in [0.3, 0.4) is 0 Å². The zero-order valence-corrected chi connectivity index (χ0v) is 14.1. The van der Waals surface area contributed by atoms with Gasteiger partial charge in [0.1, 0.15) is 5.75 Å². The molecule has 25 heavy (non-hydrogen) atoms. The first-order valence-corrected chi connectivity index (χ1v) is 8.59. The Hall–Kier alpha value is -2.64. The Morgan fingerprint density at radius 1 is 1.20 bits per heavy atom. The summed E-state index contributed by atoms with van der Waals surface area (Å²) in [6.07, 6.45) is 0. The van der Waals surface area contributed by atoms with Gasteiger partial charge in [-0.3, -0.25) is 9.59 Å². The van der Waals surface area contributed by atoms with Crippen molar-refractivity contribution in [1.29, 1.82) is 0 Å². The van der Waals surface area contributed by atoms with Gasteiger partial charge in [-0.15, -0.1) is 0 Å². The molecular weight excluding hydrogens is 340 g/mol. The molecule has 1 unspecified atom stereocenters. The molecule has 2 heterocycles. The first-order valence-electron chi connectivity index (χ1n) is 7.61. The molecule has 0 saturated carbocycles. The normalized spacial score (nSPS) is 21.2. The number of carbonyl (C=O) groups is 2. The summed E-state index contributed by atoms with van der Waals surface area (Å²) < 4.78 is 5.19. The largest absolute Gasteiger partial charge is 0.497 e. The van der Waals surface area contributed by atoms with Crippen LogP contribution in [0.1, 0.15) is 21.5 Å². The number of aliphatic imine (C=N–C) groups is 1. The standard InChI is InChI=1S/C18H14N2O4S/c1-24-12-6-4-5-11(9-12)10-25-17-19-16(22)18(23)14-8-3-2-7-13(14)15(21)20(17)18/h2-9,23H,10H2,1H3. The molecule has 7 heteroatoms. The number of benzene rings is 2. The van der Waals surface area contributed by atoms with Crippen molar-refractivity contribution in [2.45, 2.75) is 11.5 Å². The van der Waals surface area contributed by atoms with E-state index in [1.165, 1.54) is 11.8 Å². The molecule has 1 atom stereocenters. The third-order valence-corrected chi connectivity index (χ3v) is 5.26. The highest BCUT2D eigenvalue weighted by atomic mass is 32.2. The van der Waals surface area contributed by atoms with Crippen LogP contribution in [-0.2, 0) is 16.3 Å². The SMILES string of the molecule is COc1cccc(CSC2=NC(=O)C3(O)c4ccccc4C(=O)N23)c1. The van der Waals surface area contributed by atoms with Crippen molar-refractivity contribution >= 4 is 28.7 Å². The predicted molar refractivity (Wildman–Crippen MR) is 93.2 cm³/mol. The van der Waals surface area contributed by atoms with E-state index in [4.69, 9.17) is 4.74 Å². The summed E-state index contributed by atoms with van der Waals surface area (Å²) in [5.41, 5.74) is -0.456. The summed E-state index contributed by atoms with van der Waals surface area (Å²) in [4.78, 5) is 30.0. The molecule has 1 N–H and O–H groups in total. The molecule has 0 fully saturated rings. The van der Waals surface area contributed by atoms with Gasteiger partial charge in [0.25, 0.3) is 11.6 Å². The van der Waals surface area contributed by atoms with Crippen molar-refractivity contribution in [3.63, 3.8) is 0 Å². The highest BCUT2D eigenvalue weighted by Crippen LogP contribution is 2.44. The van der Waals surface area contributed by atoms with Gasteiger partial charge < -0.3 is 9.84 Å². The van der Waals surface area contributed by atoms with Gasteiger partial charge in [0.15, 0.2) is 5.17 Å². The molecule has 0 radical (unpaired) electrons. The van der Waals surface area contributed by atoms with Gasteiger partial charge in [0, 0.05) is 16.9 Å². The Morgan fingerprint density at radius 3 is 2.80 bits per heavy atom. The van der Waals surface area contributed by atoms with Crippen molar-refractivity contribution in [3.05, 3.63) is 65.2 Å². The molecule has 0 aromatic heterocycles. The molecule has 2 amide bonds. The third-order valence-electron chi connectivity index (χ3n) is 4.25. The summed E-state index contributed by atoms with van der Waals surface area (Å²) in [5, 5.41) is 11.1. The van der Waals surface area contributed by atoms with Gasteiger partial charge in [0.05, 0.1) is 7.11 Å². The lowest BCUT2D eigenvalue weighted by atomic mass is 10.0. The van der Waals surface area contributed by atoms with Crippen LogP contribution in [-0.4, -0.2) is 34.1 Å². The van der Waals surface area contributed by atoms with Crippen molar-refractivity contribution in [2.75, 3.05) is 7.11 Å². The van der Waals surface area contributed by atoms with Crippen molar-refractivity contribution < 1.29 is 19.4 Å². The van der Waals surface area contributed by atoms with E-state index in [1.54, 1.807) is 31.4 Å². The average Bonchev–Trinajstić information content (AvgIpc) is 3.03. The number of thioether (sulfide) groups is 1. The van der Waals surface area contributed by atoms with Crippen molar-refractivity contribution in [2.24, 2.45) is 4.99 Å². The number of methoxy groups -OCH3 is 1. The minimum atomic E-state index is -2.02. The van der Waals surface area contributed by atoms with Gasteiger partial charge in [-0.05, 0) is 23.8 Å². The summed E-state index contributed by atoms with van der Waals surface area (Å²) in [7, 11) is 1.59. The molecule has 4 rings (SSSR count). The lowest BCUT2D eigenvalue weighted by molar-refractivity contribution is -0.144. The number of hydrogen-bond donors (Lipinski definition) is 1. The third kappa shape index (κ3) is 2.27. The Bertz CT molecular complexity index is 927. The van der Waals surface area contributed by atoms with E-state index >= 15 is 0 Å². The number of amidine groups is 1. The van der Waals surface area contributed by atoms with Crippen LogP contribution in [0.25, 0.3) is 0 Å². The van der Waals surface area contributed by atoms with Crippen molar-refractivity contribution in [3.8, 4) is 5.75 Å². The predicted octanol–water partition coefficient (Wildman–Crippen LogP) is 2.13. The van der Waals surface area contributed by atoms with Gasteiger partial charge in [0.2, 0.25) is 0 Å². The average molecular weight is 354 g/mol. The number of fused-ring (bicyclic) bond motifs is 3. The van der Waals surface area contributed by atoms with E-state index in [0.717, 1.165) is 16.2 Å². The number of hydrogen-bond acceptors (Lipinski definition) is 5. The first-order chi connectivity index (χ1) is 12.1. The monoisotopic (exact) mass is 354 g/mol. The number of aliphatic hydroxyl groups is 1. The number of nitrogens with zero attached hydrogens (tertiary/aromatic N) is 2. The Morgan fingerprint density at radius 2 is 2.00 bits per heavy atom. The first kappa shape index (κ1) is 15.9. The minimum Gasteiger partial charge on any atom is -0.497 e. The maximum atomic E-state index is 12.7. The molecule has 0 bridgehead atoms. The van der Waals surface area contributed by atoms with E-state index in [9.17, 15) is 14.7 Å². The Kier molecular flexibility index (Phi) is 3.63. The summed E-state index contributed by atoms with van der Waals surface area (Å²) in [6, 6.07) is 14.1. The van der Waals surface area contributed by atoms with Crippen LogP contribution >= 0.6 is 11.8 Å². The molecule has 6 nitrogen and oxygen atoms in total. The molecule has 126 valence electrons. The van der Waals surface area contributed by atoms with Crippen molar-refractivity contribution in [1.82, 2.24) is 4.90 Å². The molecule has 0 aliphatic carbocycles. The number of carbonyl (C=O) groups excluding carboxylic acids is 2. The van der Waals surface area contributed by atoms with Crippen LogP contribution in [0.15, 0.2) is 53.5 Å². The summed E-state index contributed by atoms with van der Waals surface area (Å²) in [5.74, 6) is 0.0583. The molecule has 0 spiro atoms. The lowest BCUT2D eigenvalue weighted by Gasteiger charge is -2.24. The smallest absolute Gasteiger partial charge is 0.306 e. The summed E-state index contributed by atoms with van der Waals surface area (Å²) >= 11 is 1.23. The maximum Gasteiger partial charge on any atom is 0.306 e. The Balaban J connectivity index is 1.62. The fourth-order valence-electron chi connectivity index (χ4n) is 3.02. The molecular formula is C18H14N2O4S. The lowest BCUT2D eigenvalue weighted by Crippen LogP contribution is -2.45. The van der Waals surface area contributed by atoms with E-state index in [1.807, 2.05) is 24.3 Å². The second kappa shape index (κ2) is 5.72. The quantitative estimate of drug-likeness (QED) is 0.913. The topological polar surface area (TPSA) is 79.2 Å². The van der Waals surface area contributed by atoms with Crippen LogP contribution in [0.2, 0.25) is 0 Å². The molecule has 0 saturated heterocycles. The maximum absolute atomic E-state index is 12.7. The highest BCUT2D eigenvalue weighted by Gasteiger charge is 2.59. The van der Waals surface area contributed by atoms with Crippen LogP contribution in [0, 0.1) is 0 Å². The highest BCUT2D eigenvalue weighted by molar-refractivity contribution is 8.13. The fourth-order valence-corrected chi connectivity index (χ4v) is 3.99. The zero-order chi connectivity index (χ0) is 17.6. The van der Waals surface area contributed by atoms with Gasteiger partial charge >= 0.3 is 5.91 Å². The Labute approximate surface area is 148 Å². The second-order valence-corrected chi connectivity index (χ2v) is 6.64. The van der Waals surface area contributed by atoms with E-state index < -0.39 is 17.5 Å². The van der Waals surface area contributed by atoms with Gasteiger partial charge in [-0.1, -0.05) is 42.1 Å². The van der Waals surface area contributed by atoms with Gasteiger partial charge in [-0.25, -0.2) is 4.90 Å². The van der Waals surface area contributed by atoms with Gasteiger partial charge in [-0.2, -0.15) is 4.99 Å². The van der Waals surface area contributed by atoms with Crippen LogP contribution in [0.5, 0.6) is 5.75 Å².